The zero-order valence-corrected chi connectivity index (χ0v) is 7.61. The average Bonchev–Trinajstić information content (AvgIpc) is 2.14. The first kappa shape index (κ1) is 10.4. The van der Waals surface area contributed by atoms with Crippen molar-refractivity contribution in [1.29, 1.82) is 0 Å². The molecule has 0 aromatic heterocycles. The lowest BCUT2D eigenvalue weighted by atomic mass is 10.2. The highest BCUT2D eigenvalue weighted by Crippen LogP contribution is 2.13. The van der Waals surface area contributed by atoms with Crippen LogP contribution in [0.2, 0.25) is 0 Å². The zero-order chi connectivity index (χ0) is 9.52. The third-order valence-electron chi connectivity index (χ3n) is 1.93. The Morgan fingerprint density at radius 1 is 1.54 bits per heavy atom. The van der Waals surface area contributed by atoms with Crippen molar-refractivity contribution in [1.82, 2.24) is 0 Å². The minimum atomic E-state index is -0.328. The highest BCUT2D eigenvalue weighted by atomic mass is 16.7. The molecule has 0 N–H and O–H groups in total. The topological polar surface area (TPSA) is 61.6 Å². The van der Waals surface area contributed by atoms with E-state index in [0.29, 0.717) is 13.0 Å². The standard InChI is InChI=1S/C8H15NO4/c10-9(11)5-3-7-13-8-4-1-2-6-12-8/h8H,1-7H2/t8-/m1/s1. The van der Waals surface area contributed by atoms with Crippen molar-refractivity contribution in [3.63, 3.8) is 0 Å². The summed E-state index contributed by atoms with van der Waals surface area (Å²) in [6.45, 7) is 1.15. The molecule has 1 aliphatic rings. The quantitative estimate of drug-likeness (QED) is 0.370. The Bertz CT molecular complexity index is 156. The summed E-state index contributed by atoms with van der Waals surface area (Å²) in [7, 11) is 0. The van der Waals surface area contributed by atoms with Gasteiger partial charge in [0.2, 0.25) is 6.54 Å². The Labute approximate surface area is 77.2 Å². The van der Waals surface area contributed by atoms with Crippen LogP contribution in [0, 0.1) is 10.1 Å². The van der Waals surface area contributed by atoms with E-state index in [4.69, 9.17) is 9.47 Å². The van der Waals surface area contributed by atoms with Crippen molar-refractivity contribution in [2.24, 2.45) is 0 Å². The fourth-order valence-electron chi connectivity index (χ4n) is 1.25. The summed E-state index contributed by atoms with van der Waals surface area (Å²) in [6.07, 6.45) is 3.47. The maximum atomic E-state index is 9.97. The van der Waals surface area contributed by atoms with Crippen molar-refractivity contribution in [2.75, 3.05) is 19.8 Å². The van der Waals surface area contributed by atoms with Gasteiger partial charge >= 0.3 is 0 Å². The summed E-state index contributed by atoms with van der Waals surface area (Å²) >= 11 is 0. The molecule has 1 aliphatic heterocycles. The molecule has 0 bridgehead atoms. The van der Waals surface area contributed by atoms with Crippen molar-refractivity contribution in [2.45, 2.75) is 32.0 Å². The molecule has 1 saturated heterocycles. The Morgan fingerprint density at radius 2 is 2.38 bits per heavy atom. The highest BCUT2D eigenvalue weighted by Gasteiger charge is 2.13. The van der Waals surface area contributed by atoms with Gasteiger partial charge in [0.05, 0.1) is 6.61 Å². The van der Waals surface area contributed by atoms with Gasteiger partial charge in [0.1, 0.15) is 0 Å². The van der Waals surface area contributed by atoms with E-state index in [1.807, 2.05) is 0 Å². The van der Waals surface area contributed by atoms with Gasteiger partial charge in [-0.2, -0.15) is 0 Å². The first-order valence-corrected chi connectivity index (χ1v) is 4.64. The number of hydrogen-bond donors (Lipinski definition) is 0. The van der Waals surface area contributed by atoms with Gasteiger partial charge in [0.25, 0.3) is 0 Å². The monoisotopic (exact) mass is 189 g/mol. The molecule has 0 aromatic rings. The summed E-state index contributed by atoms with van der Waals surface area (Å²) in [5.74, 6) is 0. The number of nitro groups is 1. The van der Waals surface area contributed by atoms with Crippen LogP contribution in [-0.2, 0) is 9.47 Å². The molecule has 0 saturated carbocycles. The summed E-state index contributed by atoms with van der Waals surface area (Å²) in [5.41, 5.74) is 0. The Balaban J connectivity index is 1.95. The highest BCUT2D eigenvalue weighted by molar-refractivity contribution is 4.53. The molecule has 1 fully saturated rings. The zero-order valence-electron chi connectivity index (χ0n) is 7.61. The molecule has 76 valence electrons. The second kappa shape index (κ2) is 5.88. The van der Waals surface area contributed by atoms with Gasteiger partial charge in [-0.15, -0.1) is 0 Å². The Hall–Kier alpha value is -0.680. The molecule has 0 unspecified atom stereocenters. The molecule has 5 nitrogen and oxygen atoms in total. The third kappa shape index (κ3) is 4.80. The van der Waals surface area contributed by atoms with E-state index in [2.05, 4.69) is 0 Å². The van der Waals surface area contributed by atoms with E-state index < -0.39 is 0 Å². The molecule has 1 atom stereocenters. The molecule has 0 aromatic carbocycles. The molecule has 5 heteroatoms. The van der Waals surface area contributed by atoms with E-state index in [1.165, 1.54) is 0 Å². The number of rotatable bonds is 5. The molecule has 0 radical (unpaired) electrons. The van der Waals surface area contributed by atoms with Gasteiger partial charge in [-0.25, -0.2) is 0 Å². The molecule has 0 amide bonds. The van der Waals surface area contributed by atoms with E-state index in [9.17, 15) is 10.1 Å². The van der Waals surface area contributed by atoms with E-state index in [-0.39, 0.29) is 17.8 Å². The van der Waals surface area contributed by atoms with Crippen molar-refractivity contribution >= 4 is 0 Å². The van der Waals surface area contributed by atoms with Crippen LogP contribution in [0.1, 0.15) is 25.7 Å². The number of hydrogen-bond acceptors (Lipinski definition) is 4. The SMILES string of the molecule is O=[N+]([O-])CCCO[C@@H]1CCCCO1. The van der Waals surface area contributed by atoms with E-state index >= 15 is 0 Å². The molecule has 0 spiro atoms. The van der Waals surface area contributed by atoms with Gasteiger partial charge in [0, 0.05) is 18.0 Å². The molecular formula is C8H15NO4. The first-order chi connectivity index (χ1) is 6.29. The van der Waals surface area contributed by atoms with Crippen molar-refractivity contribution in [3.8, 4) is 0 Å². The molecule has 0 aliphatic carbocycles. The normalized spacial score (nSPS) is 22.9. The van der Waals surface area contributed by atoms with Crippen LogP contribution >= 0.6 is 0 Å². The molecule has 1 rings (SSSR count). The molecular weight excluding hydrogens is 174 g/mol. The van der Waals surface area contributed by atoms with Crippen LogP contribution in [0.4, 0.5) is 0 Å². The Morgan fingerprint density at radius 3 is 3.00 bits per heavy atom. The van der Waals surface area contributed by atoms with Crippen LogP contribution in [0.15, 0.2) is 0 Å². The average molecular weight is 189 g/mol. The lowest BCUT2D eigenvalue weighted by Crippen LogP contribution is -2.23. The Kier molecular flexibility index (Phi) is 4.70. The lowest BCUT2D eigenvalue weighted by molar-refractivity contribution is -0.481. The summed E-state index contributed by atoms with van der Waals surface area (Å²) in [5, 5.41) is 9.97. The van der Waals surface area contributed by atoms with Gasteiger partial charge in [-0.3, -0.25) is 10.1 Å². The fraction of sp³-hybridized carbons (Fsp3) is 1.00. The fourth-order valence-corrected chi connectivity index (χ4v) is 1.25. The van der Waals surface area contributed by atoms with Gasteiger partial charge in [-0.05, 0) is 19.3 Å². The molecule has 13 heavy (non-hydrogen) atoms. The number of ether oxygens (including phenoxy) is 2. The third-order valence-corrected chi connectivity index (χ3v) is 1.93. The predicted molar refractivity (Wildman–Crippen MR) is 46.0 cm³/mol. The second-order valence-corrected chi connectivity index (χ2v) is 3.08. The molecule has 1 heterocycles. The van der Waals surface area contributed by atoms with E-state index in [0.717, 1.165) is 25.9 Å². The van der Waals surface area contributed by atoms with Crippen LogP contribution in [-0.4, -0.2) is 31.0 Å². The minimum absolute atomic E-state index is 0.0211. The van der Waals surface area contributed by atoms with Gasteiger partial charge < -0.3 is 9.47 Å². The van der Waals surface area contributed by atoms with Crippen LogP contribution in [0.25, 0.3) is 0 Å². The van der Waals surface area contributed by atoms with Crippen molar-refractivity contribution in [3.05, 3.63) is 10.1 Å². The number of nitrogens with zero attached hydrogens (tertiary/aromatic N) is 1. The van der Waals surface area contributed by atoms with Gasteiger partial charge in [-0.1, -0.05) is 0 Å². The maximum absolute atomic E-state index is 9.97. The summed E-state index contributed by atoms with van der Waals surface area (Å²) < 4.78 is 10.6. The second-order valence-electron chi connectivity index (χ2n) is 3.08. The van der Waals surface area contributed by atoms with E-state index in [1.54, 1.807) is 0 Å². The summed E-state index contributed by atoms with van der Waals surface area (Å²) in [4.78, 5) is 9.64. The summed E-state index contributed by atoms with van der Waals surface area (Å²) in [6, 6.07) is 0. The maximum Gasteiger partial charge on any atom is 0.206 e. The predicted octanol–water partition coefficient (Wildman–Crippen LogP) is 1.20. The smallest absolute Gasteiger partial charge is 0.206 e. The van der Waals surface area contributed by atoms with Gasteiger partial charge in [0.15, 0.2) is 6.29 Å². The largest absolute Gasteiger partial charge is 0.353 e. The van der Waals surface area contributed by atoms with Crippen LogP contribution in [0.5, 0.6) is 0 Å². The van der Waals surface area contributed by atoms with Crippen LogP contribution < -0.4 is 0 Å². The first-order valence-electron chi connectivity index (χ1n) is 4.64. The minimum Gasteiger partial charge on any atom is -0.353 e. The van der Waals surface area contributed by atoms with Crippen molar-refractivity contribution < 1.29 is 14.4 Å². The lowest BCUT2D eigenvalue weighted by Gasteiger charge is -2.22. The van der Waals surface area contributed by atoms with Crippen LogP contribution in [0.3, 0.4) is 0 Å².